The normalized spacial score (nSPS) is 14.0. The minimum atomic E-state index is -0.192. The standard InChI is InChI=1S/C20H25FN4OS/c1-22-20(23-10-6-15-4-2-3-5-17(15)21)24-11-7-19(26)25-12-8-18-16(14-25)9-13-27-18/h2-5,9,13H,6-8,10-12,14H2,1H3,(H2,22,23,24). The summed E-state index contributed by atoms with van der Waals surface area (Å²) < 4.78 is 13.6. The summed E-state index contributed by atoms with van der Waals surface area (Å²) in [5, 5.41) is 8.41. The first-order chi connectivity index (χ1) is 13.2. The van der Waals surface area contributed by atoms with Gasteiger partial charge in [0.05, 0.1) is 0 Å². The monoisotopic (exact) mass is 388 g/mol. The molecule has 0 aliphatic carbocycles. The Morgan fingerprint density at radius 3 is 2.89 bits per heavy atom. The molecule has 1 aromatic carbocycles. The molecule has 144 valence electrons. The van der Waals surface area contributed by atoms with Crippen molar-refractivity contribution in [2.75, 3.05) is 26.7 Å². The van der Waals surface area contributed by atoms with E-state index in [9.17, 15) is 9.18 Å². The molecule has 0 saturated heterocycles. The molecule has 2 heterocycles. The molecule has 1 aliphatic heterocycles. The Morgan fingerprint density at radius 1 is 1.26 bits per heavy atom. The maximum Gasteiger partial charge on any atom is 0.224 e. The number of benzene rings is 1. The lowest BCUT2D eigenvalue weighted by Crippen LogP contribution is -2.41. The highest BCUT2D eigenvalue weighted by molar-refractivity contribution is 7.10. The summed E-state index contributed by atoms with van der Waals surface area (Å²) in [5.41, 5.74) is 1.95. The second-order valence-electron chi connectivity index (χ2n) is 6.45. The predicted molar refractivity (Wildman–Crippen MR) is 108 cm³/mol. The fourth-order valence-electron chi connectivity index (χ4n) is 3.14. The van der Waals surface area contributed by atoms with Gasteiger partial charge in [0.25, 0.3) is 0 Å². The third kappa shape index (κ3) is 5.29. The van der Waals surface area contributed by atoms with Crippen LogP contribution in [-0.2, 0) is 24.2 Å². The van der Waals surface area contributed by atoms with Crippen LogP contribution in [0.3, 0.4) is 0 Å². The topological polar surface area (TPSA) is 56.7 Å². The summed E-state index contributed by atoms with van der Waals surface area (Å²) in [6.07, 6.45) is 1.95. The van der Waals surface area contributed by atoms with Gasteiger partial charge in [0.1, 0.15) is 5.82 Å². The highest BCUT2D eigenvalue weighted by atomic mass is 32.1. The number of rotatable bonds is 6. The fourth-order valence-corrected chi connectivity index (χ4v) is 4.03. The van der Waals surface area contributed by atoms with Gasteiger partial charge in [-0.25, -0.2) is 4.39 Å². The number of guanidine groups is 1. The zero-order chi connectivity index (χ0) is 19.1. The molecular formula is C20H25FN4OS. The van der Waals surface area contributed by atoms with Crippen LogP contribution < -0.4 is 10.6 Å². The van der Waals surface area contributed by atoms with Crippen LogP contribution in [0.25, 0.3) is 0 Å². The van der Waals surface area contributed by atoms with Crippen molar-refractivity contribution in [1.29, 1.82) is 0 Å². The molecule has 2 N–H and O–H groups in total. The second-order valence-corrected chi connectivity index (χ2v) is 7.45. The zero-order valence-electron chi connectivity index (χ0n) is 15.5. The molecule has 1 aromatic heterocycles. The van der Waals surface area contributed by atoms with E-state index in [0.29, 0.717) is 44.0 Å². The summed E-state index contributed by atoms with van der Waals surface area (Å²) in [6, 6.07) is 8.87. The van der Waals surface area contributed by atoms with E-state index >= 15 is 0 Å². The van der Waals surface area contributed by atoms with Crippen molar-refractivity contribution in [3.05, 3.63) is 57.5 Å². The number of halogens is 1. The molecular weight excluding hydrogens is 363 g/mol. The van der Waals surface area contributed by atoms with Crippen molar-refractivity contribution >= 4 is 23.2 Å². The maximum atomic E-state index is 13.6. The molecule has 0 atom stereocenters. The number of thiophene rings is 1. The van der Waals surface area contributed by atoms with Gasteiger partial charge >= 0.3 is 0 Å². The summed E-state index contributed by atoms with van der Waals surface area (Å²) in [4.78, 5) is 19.9. The molecule has 27 heavy (non-hydrogen) atoms. The molecule has 2 aromatic rings. The van der Waals surface area contributed by atoms with E-state index in [0.717, 1.165) is 13.0 Å². The molecule has 0 spiro atoms. The number of nitrogens with zero attached hydrogens (tertiary/aromatic N) is 2. The Bertz CT molecular complexity index is 805. The van der Waals surface area contributed by atoms with E-state index in [2.05, 4.69) is 27.1 Å². The van der Waals surface area contributed by atoms with E-state index in [1.807, 2.05) is 11.0 Å². The number of hydrogen-bond acceptors (Lipinski definition) is 3. The third-order valence-corrected chi connectivity index (χ3v) is 5.68. The van der Waals surface area contributed by atoms with Crippen LogP contribution in [0, 0.1) is 5.82 Å². The third-order valence-electron chi connectivity index (χ3n) is 4.66. The molecule has 0 bridgehead atoms. The first-order valence-corrected chi connectivity index (χ1v) is 10.1. The molecule has 0 unspecified atom stereocenters. The van der Waals surface area contributed by atoms with Crippen LogP contribution in [0.4, 0.5) is 4.39 Å². The number of carbonyl (C=O) groups excluding carboxylic acids is 1. The van der Waals surface area contributed by atoms with Crippen molar-refractivity contribution in [3.8, 4) is 0 Å². The number of fused-ring (bicyclic) bond motifs is 1. The minimum absolute atomic E-state index is 0.154. The maximum absolute atomic E-state index is 13.6. The average Bonchev–Trinajstić information content (AvgIpc) is 3.15. The highest BCUT2D eigenvalue weighted by Crippen LogP contribution is 2.24. The average molecular weight is 389 g/mol. The van der Waals surface area contributed by atoms with Gasteiger partial charge in [-0.05, 0) is 41.5 Å². The smallest absolute Gasteiger partial charge is 0.224 e. The highest BCUT2D eigenvalue weighted by Gasteiger charge is 2.20. The summed E-state index contributed by atoms with van der Waals surface area (Å²) in [5.74, 6) is 0.585. The van der Waals surface area contributed by atoms with Crippen molar-refractivity contribution < 1.29 is 9.18 Å². The fraction of sp³-hybridized carbons (Fsp3) is 0.400. The van der Waals surface area contributed by atoms with Gasteiger partial charge < -0.3 is 15.5 Å². The van der Waals surface area contributed by atoms with Crippen molar-refractivity contribution in [2.45, 2.75) is 25.8 Å². The van der Waals surface area contributed by atoms with Crippen LogP contribution in [0.5, 0.6) is 0 Å². The van der Waals surface area contributed by atoms with Gasteiger partial charge in [-0.3, -0.25) is 9.79 Å². The Kier molecular flexibility index (Phi) is 6.81. The molecule has 1 amide bonds. The minimum Gasteiger partial charge on any atom is -0.356 e. The predicted octanol–water partition coefficient (Wildman–Crippen LogP) is 2.57. The summed E-state index contributed by atoms with van der Waals surface area (Å²) >= 11 is 1.77. The lowest BCUT2D eigenvalue weighted by Gasteiger charge is -2.27. The van der Waals surface area contributed by atoms with Gasteiger partial charge in [-0.2, -0.15) is 0 Å². The van der Waals surface area contributed by atoms with E-state index < -0.39 is 0 Å². The molecule has 3 rings (SSSR count). The molecule has 0 saturated carbocycles. The van der Waals surface area contributed by atoms with Crippen LogP contribution in [0.15, 0.2) is 40.7 Å². The number of carbonyl (C=O) groups is 1. The first-order valence-electron chi connectivity index (χ1n) is 9.18. The summed E-state index contributed by atoms with van der Waals surface area (Å²) in [6.45, 7) is 2.60. The van der Waals surface area contributed by atoms with Crippen molar-refractivity contribution in [2.24, 2.45) is 4.99 Å². The van der Waals surface area contributed by atoms with Crippen LogP contribution in [0.2, 0.25) is 0 Å². The molecule has 0 radical (unpaired) electrons. The van der Waals surface area contributed by atoms with E-state index in [4.69, 9.17) is 0 Å². The zero-order valence-corrected chi connectivity index (χ0v) is 16.3. The van der Waals surface area contributed by atoms with Crippen molar-refractivity contribution in [3.63, 3.8) is 0 Å². The van der Waals surface area contributed by atoms with Gasteiger partial charge in [0.2, 0.25) is 5.91 Å². The van der Waals surface area contributed by atoms with E-state index in [1.54, 1.807) is 30.5 Å². The molecule has 7 heteroatoms. The number of nitrogens with one attached hydrogen (secondary N) is 2. The first kappa shape index (κ1) is 19.4. The SMILES string of the molecule is CN=C(NCCC(=O)N1CCc2sccc2C1)NCCc1ccccc1F. The van der Waals surface area contributed by atoms with Gasteiger partial charge in [-0.1, -0.05) is 18.2 Å². The quantitative estimate of drug-likeness (QED) is 0.591. The Hall–Kier alpha value is -2.41. The Balaban J connectivity index is 1.37. The summed E-state index contributed by atoms with van der Waals surface area (Å²) in [7, 11) is 1.68. The Morgan fingerprint density at radius 2 is 2.07 bits per heavy atom. The largest absolute Gasteiger partial charge is 0.356 e. The number of aliphatic imine (C=N–C) groups is 1. The van der Waals surface area contributed by atoms with Crippen LogP contribution in [-0.4, -0.2) is 43.4 Å². The van der Waals surface area contributed by atoms with Crippen molar-refractivity contribution in [1.82, 2.24) is 15.5 Å². The second kappa shape index (κ2) is 9.50. The van der Waals surface area contributed by atoms with Crippen LogP contribution in [0.1, 0.15) is 22.4 Å². The molecule has 5 nitrogen and oxygen atoms in total. The van der Waals surface area contributed by atoms with Gasteiger partial charge in [0.15, 0.2) is 5.96 Å². The number of hydrogen-bond donors (Lipinski definition) is 2. The lowest BCUT2D eigenvalue weighted by molar-refractivity contribution is -0.131. The van der Waals surface area contributed by atoms with Gasteiger partial charge in [-0.15, -0.1) is 11.3 Å². The lowest BCUT2D eigenvalue weighted by atomic mass is 10.1. The van der Waals surface area contributed by atoms with Gasteiger partial charge in [0, 0.05) is 44.5 Å². The van der Waals surface area contributed by atoms with E-state index in [-0.39, 0.29) is 11.7 Å². The van der Waals surface area contributed by atoms with E-state index in [1.165, 1.54) is 16.5 Å². The Labute approximate surface area is 163 Å². The number of amides is 1. The van der Waals surface area contributed by atoms with Crippen LogP contribution >= 0.6 is 11.3 Å². The molecule has 0 fully saturated rings. The molecule has 1 aliphatic rings.